The van der Waals surface area contributed by atoms with Gasteiger partial charge in [0.2, 0.25) is 0 Å². The zero-order valence-corrected chi connectivity index (χ0v) is 19.0. The molecule has 34 heavy (non-hydrogen) atoms. The summed E-state index contributed by atoms with van der Waals surface area (Å²) in [5.74, 6) is -0.348. The fraction of sp³-hybridized carbons (Fsp3) is 0.148. The molecule has 1 aromatic carbocycles. The predicted octanol–water partition coefficient (Wildman–Crippen LogP) is 5.84. The molecular weight excluding hydrogens is 429 g/mol. The maximum absolute atomic E-state index is 14.3. The number of nitrogens with one attached hydrogen (secondary N) is 1. The number of aryl methyl sites for hydroxylation is 1. The van der Waals surface area contributed by atoms with Crippen molar-refractivity contribution in [2.75, 3.05) is 5.32 Å². The number of nitriles is 1. The minimum absolute atomic E-state index is 0.199. The van der Waals surface area contributed by atoms with Gasteiger partial charge in [0.1, 0.15) is 17.4 Å². The Morgan fingerprint density at radius 2 is 1.68 bits per heavy atom. The second kappa shape index (κ2) is 9.20. The van der Waals surface area contributed by atoms with Crippen LogP contribution < -0.4 is 5.32 Å². The van der Waals surface area contributed by atoms with Crippen molar-refractivity contribution >= 4 is 11.6 Å². The molecule has 6 nitrogen and oxygen atoms in total. The van der Waals surface area contributed by atoms with Crippen LogP contribution >= 0.6 is 0 Å². The molecule has 0 aliphatic carbocycles. The molecule has 7 heteroatoms. The van der Waals surface area contributed by atoms with Crippen molar-refractivity contribution in [1.82, 2.24) is 15.0 Å². The van der Waals surface area contributed by atoms with Crippen LogP contribution in [0, 0.1) is 18.3 Å². The van der Waals surface area contributed by atoms with Crippen LogP contribution in [0.5, 0.6) is 0 Å². The number of benzene rings is 1. The first kappa shape index (κ1) is 22.7. The van der Waals surface area contributed by atoms with Crippen LogP contribution in [0.3, 0.4) is 0 Å². The summed E-state index contributed by atoms with van der Waals surface area (Å²) in [7, 11) is 0. The van der Waals surface area contributed by atoms with Gasteiger partial charge < -0.3 is 5.32 Å². The quantitative estimate of drug-likeness (QED) is 0.411. The summed E-state index contributed by atoms with van der Waals surface area (Å²) in [6, 6.07) is 18.0. The number of carbonyl (C=O) groups excluding carboxylic acids is 1. The highest BCUT2D eigenvalue weighted by Crippen LogP contribution is 2.30. The average molecular weight is 452 g/mol. The zero-order valence-electron chi connectivity index (χ0n) is 19.0. The first-order chi connectivity index (χ1) is 16.2. The Hall–Kier alpha value is -4.44. The predicted molar refractivity (Wildman–Crippen MR) is 129 cm³/mol. The normalized spacial score (nSPS) is 11.0. The van der Waals surface area contributed by atoms with Gasteiger partial charge in [0.15, 0.2) is 0 Å². The molecule has 1 amide bonds. The molecule has 3 heterocycles. The van der Waals surface area contributed by atoms with Gasteiger partial charge in [0, 0.05) is 35.4 Å². The number of nitrogens with zero attached hydrogens (tertiary/aromatic N) is 4. The average Bonchev–Trinajstić information content (AvgIpc) is 2.85. The minimum atomic E-state index is -1.64. The molecule has 0 spiro atoms. The molecule has 0 radical (unpaired) electrons. The van der Waals surface area contributed by atoms with Gasteiger partial charge >= 0.3 is 0 Å². The van der Waals surface area contributed by atoms with Gasteiger partial charge in [0.05, 0.1) is 11.4 Å². The lowest BCUT2D eigenvalue weighted by Crippen LogP contribution is -2.16. The number of hydrogen-bond donors (Lipinski definition) is 1. The molecule has 0 bridgehead atoms. The topological polar surface area (TPSA) is 91.6 Å². The lowest BCUT2D eigenvalue weighted by Gasteiger charge is -2.15. The number of amides is 1. The van der Waals surface area contributed by atoms with Gasteiger partial charge in [-0.1, -0.05) is 6.07 Å². The van der Waals surface area contributed by atoms with Crippen LogP contribution in [0.25, 0.3) is 22.4 Å². The van der Waals surface area contributed by atoms with Crippen molar-refractivity contribution in [3.8, 4) is 28.5 Å². The van der Waals surface area contributed by atoms with E-state index in [0.717, 1.165) is 22.3 Å². The lowest BCUT2D eigenvalue weighted by molar-refractivity contribution is 0.102. The number of hydrogen-bond acceptors (Lipinski definition) is 5. The fourth-order valence-electron chi connectivity index (χ4n) is 3.52. The number of anilines is 1. The third-order valence-corrected chi connectivity index (χ3v) is 5.37. The maximum Gasteiger partial charge on any atom is 0.255 e. The molecule has 0 aliphatic rings. The molecule has 3 aromatic heterocycles. The third kappa shape index (κ3) is 4.97. The molecule has 168 valence electrons. The Bertz CT molecular complexity index is 1420. The molecule has 0 saturated heterocycles. The summed E-state index contributed by atoms with van der Waals surface area (Å²) in [6.45, 7) is 4.79. The van der Waals surface area contributed by atoms with E-state index in [0.29, 0.717) is 22.6 Å². The van der Waals surface area contributed by atoms with Gasteiger partial charge in [-0.25, -0.2) is 9.37 Å². The molecule has 0 fully saturated rings. The molecule has 0 aliphatic heterocycles. The van der Waals surface area contributed by atoms with Crippen LogP contribution in [0.1, 0.15) is 41.2 Å². The number of alkyl halides is 1. The summed E-state index contributed by atoms with van der Waals surface area (Å²) in [4.78, 5) is 25.3. The second-order valence-electron chi connectivity index (χ2n) is 8.36. The Labute approximate surface area is 197 Å². The van der Waals surface area contributed by atoms with E-state index in [1.807, 2.05) is 43.3 Å². The van der Waals surface area contributed by atoms with Crippen LogP contribution in [0.4, 0.5) is 10.1 Å². The molecule has 4 rings (SSSR count). The van der Waals surface area contributed by atoms with E-state index < -0.39 is 5.67 Å². The van der Waals surface area contributed by atoms with Gasteiger partial charge in [-0.2, -0.15) is 5.26 Å². The monoisotopic (exact) mass is 451 g/mol. The summed E-state index contributed by atoms with van der Waals surface area (Å²) in [5, 5.41) is 12.0. The van der Waals surface area contributed by atoms with Gasteiger partial charge in [0.25, 0.3) is 5.91 Å². The standard InChI is InChI=1S/C27H22FN5O/c1-17-4-5-21(33-26(34)20-8-11-32-25(14-20)27(2,3)28)15-23(17)18-6-10-31-24(13-18)19-7-9-30-22(12-19)16-29/h4-15H,1-3H3,(H,33,34). The third-order valence-electron chi connectivity index (χ3n) is 5.37. The van der Waals surface area contributed by atoms with Crippen molar-refractivity contribution in [2.45, 2.75) is 26.4 Å². The van der Waals surface area contributed by atoms with Crippen molar-refractivity contribution in [2.24, 2.45) is 0 Å². The summed E-state index contributed by atoms with van der Waals surface area (Å²) in [6.07, 6.45) is 4.72. The highest BCUT2D eigenvalue weighted by atomic mass is 19.1. The van der Waals surface area contributed by atoms with E-state index in [2.05, 4.69) is 20.3 Å². The first-order valence-corrected chi connectivity index (χ1v) is 10.6. The van der Waals surface area contributed by atoms with E-state index >= 15 is 0 Å². The summed E-state index contributed by atoms with van der Waals surface area (Å²) < 4.78 is 14.3. The van der Waals surface area contributed by atoms with Crippen LogP contribution in [-0.2, 0) is 5.67 Å². The fourth-order valence-corrected chi connectivity index (χ4v) is 3.52. The molecular formula is C27H22FN5O. The maximum atomic E-state index is 14.3. The van der Waals surface area contributed by atoms with E-state index in [9.17, 15) is 9.18 Å². The number of pyridine rings is 3. The van der Waals surface area contributed by atoms with Gasteiger partial charge in [-0.15, -0.1) is 0 Å². The van der Waals surface area contributed by atoms with E-state index in [1.165, 1.54) is 26.1 Å². The minimum Gasteiger partial charge on any atom is -0.322 e. The Kier molecular flexibility index (Phi) is 6.15. The number of carbonyl (C=O) groups is 1. The smallest absolute Gasteiger partial charge is 0.255 e. The summed E-state index contributed by atoms with van der Waals surface area (Å²) in [5.41, 5.74) is 4.18. The van der Waals surface area contributed by atoms with Crippen molar-refractivity contribution < 1.29 is 9.18 Å². The van der Waals surface area contributed by atoms with Crippen molar-refractivity contribution in [3.05, 3.63) is 95.7 Å². The summed E-state index contributed by atoms with van der Waals surface area (Å²) >= 11 is 0. The molecule has 1 N–H and O–H groups in total. The number of halogens is 1. The molecule has 0 atom stereocenters. The van der Waals surface area contributed by atoms with Crippen LogP contribution in [0.2, 0.25) is 0 Å². The lowest BCUT2D eigenvalue weighted by atomic mass is 9.98. The molecule has 4 aromatic rings. The van der Waals surface area contributed by atoms with E-state index in [-0.39, 0.29) is 11.6 Å². The molecule has 0 saturated carbocycles. The Morgan fingerprint density at radius 1 is 0.941 bits per heavy atom. The zero-order chi connectivity index (χ0) is 24.3. The SMILES string of the molecule is Cc1ccc(NC(=O)c2ccnc(C(C)(C)F)c2)cc1-c1ccnc(-c2ccnc(C#N)c2)c1. The number of rotatable bonds is 5. The number of aromatic nitrogens is 3. The second-order valence-corrected chi connectivity index (χ2v) is 8.36. The first-order valence-electron chi connectivity index (χ1n) is 10.6. The van der Waals surface area contributed by atoms with Gasteiger partial charge in [-0.05, 0) is 86.0 Å². The Morgan fingerprint density at radius 3 is 2.44 bits per heavy atom. The van der Waals surface area contributed by atoms with Crippen LogP contribution in [0.15, 0.2) is 73.2 Å². The highest BCUT2D eigenvalue weighted by Gasteiger charge is 2.22. The van der Waals surface area contributed by atoms with Gasteiger partial charge in [-0.3, -0.25) is 14.8 Å². The van der Waals surface area contributed by atoms with E-state index in [1.54, 1.807) is 30.6 Å². The Balaban J connectivity index is 1.63. The highest BCUT2D eigenvalue weighted by molar-refractivity contribution is 6.04. The van der Waals surface area contributed by atoms with Crippen molar-refractivity contribution in [1.29, 1.82) is 5.26 Å². The van der Waals surface area contributed by atoms with E-state index in [4.69, 9.17) is 5.26 Å². The van der Waals surface area contributed by atoms with Crippen LogP contribution in [-0.4, -0.2) is 20.9 Å². The largest absolute Gasteiger partial charge is 0.322 e. The molecule has 0 unspecified atom stereocenters. The van der Waals surface area contributed by atoms with Crippen molar-refractivity contribution in [3.63, 3.8) is 0 Å².